The van der Waals surface area contributed by atoms with Crippen LogP contribution in [0.4, 0.5) is 5.69 Å². The molecule has 0 saturated carbocycles. The Morgan fingerprint density at radius 2 is 2.07 bits per heavy atom. The van der Waals surface area contributed by atoms with E-state index in [0.29, 0.717) is 24.2 Å². The van der Waals surface area contributed by atoms with Gasteiger partial charge in [-0.2, -0.15) is 0 Å². The second-order valence-electron chi connectivity index (χ2n) is 3.76. The quantitative estimate of drug-likeness (QED) is 0.643. The van der Waals surface area contributed by atoms with E-state index in [-0.39, 0.29) is 0 Å². The molecule has 0 aromatic heterocycles. The first-order valence-electron chi connectivity index (χ1n) is 4.81. The predicted octanol–water partition coefficient (Wildman–Crippen LogP) is 0.960. The van der Waals surface area contributed by atoms with Crippen molar-refractivity contribution in [1.29, 1.82) is 0 Å². The Labute approximate surface area is 88.9 Å². The van der Waals surface area contributed by atoms with Crippen molar-refractivity contribution in [1.82, 2.24) is 0 Å². The SMILES string of the molecule is CC(CCN)(C(=O)O)c1ccccc1N. The van der Waals surface area contributed by atoms with Crippen LogP contribution in [0, 0.1) is 0 Å². The standard InChI is InChI=1S/C11H16N2O2/c1-11(6-7-12,10(14)15)8-4-2-3-5-9(8)13/h2-5H,6-7,12-13H2,1H3,(H,14,15). The third kappa shape index (κ3) is 2.10. The summed E-state index contributed by atoms with van der Waals surface area (Å²) in [5, 5.41) is 9.23. The molecule has 0 aliphatic heterocycles. The topological polar surface area (TPSA) is 89.3 Å². The maximum absolute atomic E-state index is 11.3. The lowest BCUT2D eigenvalue weighted by Gasteiger charge is -2.26. The number of nitrogen functional groups attached to an aromatic ring is 1. The van der Waals surface area contributed by atoms with Crippen LogP contribution in [-0.4, -0.2) is 17.6 Å². The maximum atomic E-state index is 11.3. The number of carbonyl (C=O) groups is 1. The number of carboxylic acids is 1. The highest BCUT2D eigenvalue weighted by molar-refractivity contribution is 5.83. The van der Waals surface area contributed by atoms with Gasteiger partial charge in [0.05, 0.1) is 5.41 Å². The third-order valence-electron chi connectivity index (χ3n) is 2.67. The van der Waals surface area contributed by atoms with Gasteiger partial charge in [-0.1, -0.05) is 18.2 Å². The summed E-state index contributed by atoms with van der Waals surface area (Å²) >= 11 is 0. The van der Waals surface area contributed by atoms with E-state index in [0.717, 1.165) is 0 Å². The molecule has 0 spiro atoms. The molecule has 1 atom stereocenters. The van der Waals surface area contributed by atoms with Crippen LogP contribution in [-0.2, 0) is 10.2 Å². The fraction of sp³-hybridized carbons (Fsp3) is 0.364. The molecule has 1 aromatic rings. The van der Waals surface area contributed by atoms with Gasteiger partial charge in [0.2, 0.25) is 0 Å². The highest BCUT2D eigenvalue weighted by atomic mass is 16.4. The minimum absolute atomic E-state index is 0.317. The van der Waals surface area contributed by atoms with Crippen LogP contribution < -0.4 is 11.5 Å². The number of hydrogen-bond donors (Lipinski definition) is 3. The zero-order valence-corrected chi connectivity index (χ0v) is 8.73. The summed E-state index contributed by atoms with van der Waals surface area (Å²) in [6.45, 7) is 1.96. The van der Waals surface area contributed by atoms with Crippen molar-refractivity contribution in [2.24, 2.45) is 5.73 Å². The Morgan fingerprint density at radius 3 is 2.53 bits per heavy atom. The summed E-state index contributed by atoms with van der Waals surface area (Å²) in [7, 11) is 0. The molecule has 0 fully saturated rings. The van der Waals surface area contributed by atoms with Crippen LogP contribution in [0.15, 0.2) is 24.3 Å². The number of carboxylic acid groups (broad SMARTS) is 1. The largest absolute Gasteiger partial charge is 0.481 e. The lowest BCUT2D eigenvalue weighted by atomic mass is 9.79. The van der Waals surface area contributed by atoms with Gasteiger partial charge >= 0.3 is 5.97 Å². The summed E-state index contributed by atoms with van der Waals surface area (Å²) in [4.78, 5) is 11.3. The van der Waals surface area contributed by atoms with Gasteiger partial charge in [0.15, 0.2) is 0 Å². The number of hydrogen-bond acceptors (Lipinski definition) is 3. The Bertz CT molecular complexity index is 365. The second-order valence-corrected chi connectivity index (χ2v) is 3.76. The van der Waals surface area contributed by atoms with E-state index in [9.17, 15) is 9.90 Å². The van der Waals surface area contributed by atoms with Gasteiger partial charge < -0.3 is 16.6 Å². The van der Waals surface area contributed by atoms with Gasteiger partial charge in [0.25, 0.3) is 0 Å². The Hall–Kier alpha value is -1.55. The molecule has 0 aliphatic carbocycles. The third-order valence-corrected chi connectivity index (χ3v) is 2.67. The van der Waals surface area contributed by atoms with Gasteiger partial charge in [-0.15, -0.1) is 0 Å². The first-order valence-corrected chi connectivity index (χ1v) is 4.81. The van der Waals surface area contributed by atoms with Crippen molar-refractivity contribution in [2.45, 2.75) is 18.8 Å². The highest BCUT2D eigenvalue weighted by Crippen LogP contribution is 2.31. The molecule has 0 bridgehead atoms. The number of rotatable bonds is 4. The van der Waals surface area contributed by atoms with E-state index in [2.05, 4.69) is 0 Å². The van der Waals surface area contributed by atoms with E-state index in [1.807, 2.05) is 0 Å². The smallest absolute Gasteiger partial charge is 0.313 e. The highest BCUT2D eigenvalue weighted by Gasteiger charge is 2.35. The van der Waals surface area contributed by atoms with E-state index >= 15 is 0 Å². The lowest BCUT2D eigenvalue weighted by Crippen LogP contribution is -2.35. The monoisotopic (exact) mass is 208 g/mol. The Balaban J connectivity index is 3.21. The van der Waals surface area contributed by atoms with Crippen LogP contribution >= 0.6 is 0 Å². The van der Waals surface area contributed by atoms with E-state index < -0.39 is 11.4 Å². The van der Waals surface area contributed by atoms with Crippen molar-refractivity contribution < 1.29 is 9.90 Å². The fourth-order valence-corrected chi connectivity index (χ4v) is 1.64. The Kier molecular flexibility index (Phi) is 3.31. The van der Waals surface area contributed by atoms with Crippen LogP contribution in [0.25, 0.3) is 0 Å². The molecular weight excluding hydrogens is 192 g/mol. The Morgan fingerprint density at radius 1 is 1.47 bits per heavy atom. The van der Waals surface area contributed by atoms with E-state index in [4.69, 9.17) is 11.5 Å². The van der Waals surface area contributed by atoms with Crippen molar-refractivity contribution in [2.75, 3.05) is 12.3 Å². The number of anilines is 1. The fourth-order valence-electron chi connectivity index (χ4n) is 1.64. The average Bonchev–Trinajstić information content (AvgIpc) is 2.18. The van der Waals surface area contributed by atoms with E-state index in [1.165, 1.54) is 0 Å². The van der Waals surface area contributed by atoms with Crippen molar-refractivity contribution in [3.63, 3.8) is 0 Å². The van der Waals surface area contributed by atoms with Gasteiger partial charge in [0, 0.05) is 5.69 Å². The number of para-hydroxylation sites is 1. The predicted molar refractivity (Wildman–Crippen MR) is 59.5 cm³/mol. The van der Waals surface area contributed by atoms with Crippen LogP contribution in [0.1, 0.15) is 18.9 Å². The number of benzene rings is 1. The maximum Gasteiger partial charge on any atom is 0.313 e. The van der Waals surface area contributed by atoms with Crippen LogP contribution in [0.2, 0.25) is 0 Å². The van der Waals surface area contributed by atoms with Crippen molar-refractivity contribution in [3.8, 4) is 0 Å². The molecule has 0 saturated heterocycles. The number of nitrogens with two attached hydrogens (primary N) is 2. The van der Waals surface area contributed by atoms with Gasteiger partial charge in [0.1, 0.15) is 0 Å². The van der Waals surface area contributed by atoms with Crippen LogP contribution in [0.3, 0.4) is 0 Å². The zero-order valence-electron chi connectivity index (χ0n) is 8.73. The van der Waals surface area contributed by atoms with Crippen LogP contribution in [0.5, 0.6) is 0 Å². The molecule has 4 heteroatoms. The molecule has 0 aliphatic rings. The molecule has 0 amide bonds. The summed E-state index contributed by atoms with van der Waals surface area (Å²) in [5.41, 5.74) is 11.3. The first-order chi connectivity index (χ1) is 7.02. The molecule has 1 unspecified atom stereocenters. The zero-order chi connectivity index (χ0) is 11.5. The minimum Gasteiger partial charge on any atom is -0.481 e. The molecule has 4 nitrogen and oxygen atoms in total. The molecule has 1 rings (SSSR count). The summed E-state index contributed by atoms with van der Waals surface area (Å²) in [6.07, 6.45) is 0.372. The molecule has 15 heavy (non-hydrogen) atoms. The molecule has 0 radical (unpaired) electrons. The van der Waals surface area contributed by atoms with E-state index in [1.54, 1.807) is 31.2 Å². The molecule has 0 heterocycles. The second kappa shape index (κ2) is 4.31. The van der Waals surface area contributed by atoms with Gasteiger partial charge in [-0.05, 0) is 31.5 Å². The van der Waals surface area contributed by atoms with Crippen molar-refractivity contribution >= 4 is 11.7 Å². The molecule has 1 aromatic carbocycles. The normalized spacial score (nSPS) is 14.5. The van der Waals surface area contributed by atoms with Gasteiger partial charge in [-0.3, -0.25) is 4.79 Å². The molecular formula is C11H16N2O2. The average molecular weight is 208 g/mol. The number of aliphatic carboxylic acids is 1. The van der Waals surface area contributed by atoms with Crippen molar-refractivity contribution in [3.05, 3.63) is 29.8 Å². The van der Waals surface area contributed by atoms with Gasteiger partial charge in [-0.25, -0.2) is 0 Å². The minimum atomic E-state index is -1.000. The molecule has 5 N–H and O–H groups in total. The lowest BCUT2D eigenvalue weighted by molar-refractivity contribution is -0.143. The summed E-state index contributed by atoms with van der Waals surface area (Å²) in [5.74, 6) is -0.897. The summed E-state index contributed by atoms with van der Waals surface area (Å²) < 4.78 is 0. The summed E-state index contributed by atoms with van der Waals surface area (Å²) in [6, 6.07) is 7.00. The molecule has 82 valence electrons. The first kappa shape index (κ1) is 11.5.